The van der Waals surface area contributed by atoms with E-state index in [4.69, 9.17) is 20.2 Å². The molecule has 1 amide bonds. The van der Waals surface area contributed by atoms with Gasteiger partial charge in [0, 0.05) is 63.0 Å². The average molecular weight is 456 g/mol. The number of likely N-dealkylation sites (N-methyl/N-ethyl adjacent to an activating group) is 1. The lowest BCUT2D eigenvalue weighted by Gasteiger charge is -2.41. The zero-order valence-corrected chi connectivity index (χ0v) is 18.6. The minimum absolute atomic E-state index is 0.0569. The first kappa shape index (κ1) is 21.8. The van der Waals surface area contributed by atoms with Gasteiger partial charge in [0.1, 0.15) is 12.2 Å². The largest absolute Gasteiger partial charge is 0.474 e. The highest BCUT2D eigenvalue weighted by Gasteiger charge is 2.41. The maximum absolute atomic E-state index is 12.4. The number of morpholine rings is 1. The molecule has 176 valence electrons. The van der Waals surface area contributed by atoms with Crippen LogP contribution in [0.4, 0.5) is 11.9 Å². The lowest BCUT2D eigenvalue weighted by atomic mass is 9.87. The van der Waals surface area contributed by atoms with Crippen molar-refractivity contribution in [3.63, 3.8) is 0 Å². The summed E-state index contributed by atoms with van der Waals surface area (Å²) in [5.74, 6) is 1.17. The fourth-order valence-electron chi connectivity index (χ4n) is 4.12. The molecular formula is C22H29N7O4. The molecule has 1 unspecified atom stereocenters. The first-order valence-electron chi connectivity index (χ1n) is 11.4. The Hall–Kier alpha value is -3.05. The van der Waals surface area contributed by atoms with Gasteiger partial charge in [-0.2, -0.15) is 4.98 Å². The molecule has 1 saturated heterocycles. The van der Waals surface area contributed by atoms with Crippen molar-refractivity contribution in [3.8, 4) is 17.1 Å². The van der Waals surface area contributed by atoms with Crippen molar-refractivity contribution in [3.05, 3.63) is 18.5 Å². The van der Waals surface area contributed by atoms with Gasteiger partial charge < -0.3 is 30.1 Å². The van der Waals surface area contributed by atoms with E-state index in [1.807, 2.05) is 0 Å². The van der Waals surface area contributed by atoms with Gasteiger partial charge in [-0.05, 0) is 18.8 Å². The lowest BCUT2D eigenvalue weighted by molar-refractivity contribution is -0.145. The van der Waals surface area contributed by atoms with Crippen LogP contribution in [0.15, 0.2) is 18.5 Å². The Bertz CT molecular complexity index is 989. The first-order chi connectivity index (χ1) is 16.0. The molecule has 2 aliphatic carbocycles. The van der Waals surface area contributed by atoms with E-state index in [2.05, 4.69) is 19.9 Å². The maximum Gasteiger partial charge on any atom is 0.251 e. The summed E-state index contributed by atoms with van der Waals surface area (Å²) in [5, 5.41) is 10.1. The van der Waals surface area contributed by atoms with Gasteiger partial charge >= 0.3 is 0 Å². The summed E-state index contributed by atoms with van der Waals surface area (Å²) in [6.45, 7) is 2.63. The van der Waals surface area contributed by atoms with Crippen molar-refractivity contribution in [2.45, 2.75) is 43.9 Å². The number of aliphatic hydroxyl groups excluding tert-OH is 1. The molecule has 2 aromatic rings. The molecule has 2 saturated carbocycles. The monoisotopic (exact) mass is 455 g/mol. The Balaban J connectivity index is 1.28. The van der Waals surface area contributed by atoms with Gasteiger partial charge in [-0.25, -0.2) is 15.0 Å². The van der Waals surface area contributed by atoms with Crippen LogP contribution in [-0.2, 0) is 9.53 Å². The number of aliphatic hydroxyl groups is 1. The summed E-state index contributed by atoms with van der Waals surface area (Å²) in [6.07, 6.45) is 5.55. The highest BCUT2D eigenvalue weighted by atomic mass is 16.5. The van der Waals surface area contributed by atoms with E-state index >= 15 is 0 Å². The molecule has 0 aromatic carbocycles. The number of anilines is 2. The number of carbonyl (C=O) groups excluding carboxylic acids is 1. The summed E-state index contributed by atoms with van der Waals surface area (Å²) in [4.78, 5) is 33.6. The third-order valence-electron chi connectivity index (χ3n) is 6.53. The van der Waals surface area contributed by atoms with Crippen LogP contribution in [0, 0.1) is 5.92 Å². The van der Waals surface area contributed by atoms with Crippen molar-refractivity contribution < 1.29 is 19.4 Å². The Morgan fingerprint density at radius 2 is 1.94 bits per heavy atom. The van der Waals surface area contributed by atoms with Crippen LogP contribution in [0.25, 0.3) is 11.3 Å². The normalized spacial score (nSPS) is 23.5. The zero-order chi connectivity index (χ0) is 22.9. The molecule has 1 aliphatic heterocycles. The van der Waals surface area contributed by atoms with Crippen LogP contribution < -0.4 is 15.4 Å². The molecule has 3 aliphatic rings. The van der Waals surface area contributed by atoms with E-state index in [-0.39, 0.29) is 29.9 Å². The van der Waals surface area contributed by atoms with Gasteiger partial charge in [0.05, 0.1) is 18.9 Å². The summed E-state index contributed by atoms with van der Waals surface area (Å²) in [7, 11) is 1.76. The summed E-state index contributed by atoms with van der Waals surface area (Å²) in [5.41, 5.74) is 6.99. The number of nitrogen functional groups attached to an aromatic ring is 1. The number of carbonyl (C=O) groups is 1. The minimum atomic E-state index is -0.877. The molecule has 5 rings (SSSR count). The SMILES string of the molecule is CN(C(=O)C(O)C1CC1)[C@H]1C[C@H](Oc2cc(-c3cnc(N)nc3)nc(N3CCOCC3)n2)C1. The molecule has 33 heavy (non-hydrogen) atoms. The van der Waals surface area contributed by atoms with Crippen molar-refractivity contribution in [2.75, 3.05) is 44.0 Å². The molecule has 3 heterocycles. The van der Waals surface area contributed by atoms with E-state index < -0.39 is 6.10 Å². The number of ether oxygens (including phenoxy) is 2. The average Bonchev–Trinajstić information content (AvgIpc) is 3.66. The van der Waals surface area contributed by atoms with Crippen LogP contribution in [-0.4, -0.2) is 87.5 Å². The van der Waals surface area contributed by atoms with Gasteiger partial charge in [0.15, 0.2) is 0 Å². The fraction of sp³-hybridized carbons (Fsp3) is 0.591. The number of hydrogen-bond donors (Lipinski definition) is 2. The summed E-state index contributed by atoms with van der Waals surface area (Å²) >= 11 is 0. The molecule has 0 radical (unpaired) electrons. The smallest absolute Gasteiger partial charge is 0.251 e. The number of hydrogen-bond acceptors (Lipinski definition) is 10. The van der Waals surface area contributed by atoms with E-state index in [0.717, 1.165) is 18.4 Å². The highest BCUT2D eigenvalue weighted by molar-refractivity contribution is 5.81. The van der Waals surface area contributed by atoms with E-state index in [9.17, 15) is 9.90 Å². The van der Waals surface area contributed by atoms with Crippen LogP contribution in [0.2, 0.25) is 0 Å². The first-order valence-corrected chi connectivity index (χ1v) is 11.4. The molecule has 3 fully saturated rings. The van der Waals surface area contributed by atoms with Crippen LogP contribution in [0.1, 0.15) is 25.7 Å². The third-order valence-corrected chi connectivity index (χ3v) is 6.53. The number of nitrogens with zero attached hydrogens (tertiary/aromatic N) is 6. The molecule has 1 atom stereocenters. The van der Waals surface area contributed by atoms with Crippen LogP contribution in [0.5, 0.6) is 5.88 Å². The summed E-state index contributed by atoms with van der Waals surface area (Å²) < 4.78 is 11.6. The Kier molecular flexibility index (Phi) is 5.98. The molecular weight excluding hydrogens is 426 g/mol. The Morgan fingerprint density at radius 1 is 1.24 bits per heavy atom. The van der Waals surface area contributed by atoms with Gasteiger partial charge in [-0.1, -0.05) is 0 Å². The molecule has 11 heteroatoms. The predicted octanol–water partition coefficient (Wildman–Crippen LogP) is 0.492. The van der Waals surface area contributed by atoms with Crippen molar-refractivity contribution in [1.29, 1.82) is 0 Å². The Labute approximate surface area is 192 Å². The van der Waals surface area contributed by atoms with E-state index in [0.29, 0.717) is 56.7 Å². The molecule has 2 aromatic heterocycles. The number of amides is 1. The zero-order valence-electron chi connectivity index (χ0n) is 18.6. The molecule has 0 spiro atoms. The van der Waals surface area contributed by atoms with Crippen molar-refractivity contribution >= 4 is 17.8 Å². The number of aromatic nitrogens is 4. The molecule has 11 nitrogen and oxygen atoms in total. The van der Waals surface area contributed by atoms with E-state index in [1.54, 1.807) is 30.4 Å². The van der Waals surface area contributed by atoms with Crippen molar-refractivity contribution in [1.82, 2.24) is 24.8 Å². The summed E-state index contributed by atoms with van der Waals surface area (Å²) in [6, 6.07) is 1.83. The minimum Gasteiger partial charge on any atom is -0.474 e. The van der Waals surface area contributed by atoms with E-state index in [1.165, 1.54) is 0 Å². The van der Waals surface area contributed by atoms with Crippen molar-refractivity contribution in [2.24, 2.45) is 5.92 Å². The highest BCUT2D eigenvalue weighted by Crippen LogP contribution is 2.35. The predicted molar refractivity (Wildman–Crippen MR) is 119 cm³/mol. The quantitative estimate of drug-likeness (QED) is 0.606. The third kappa shape index (κ3) is 4.83. The number of nitrogens with two attached hydrogens (primary N) is 1. The van der Waals surface area contributed by atoms with Gasteiger partial charge in [-0.3, -0.25) is 4.79 Å². The Morgan fingerprint density at radius 3 is 2.61 bits per heavy atom. The standard InChI is InChI=1S/C22H29N7O4/c1-28(20(31)19(30)13-2-3-13)15-8-16(9-15)33-18-10-17(14-11-24-21(23)25-12-14)26-22(27-18)29-4-6-32-7-5-29/h10-13,15-16,19,30H,2-9H2,1H3,(H2,23,24,25)/t15-,16-,19?. The molecule has 0 bridgehead atoms. The van der Waals surface area contributed by atoms with Gasteiger partial charge in [0.25, 0.3) is 5.91 Å². The van der Waals surface area contributed by atoms with Crippen LogP contribution in [0.3, 0.4) is 0 Å². The lowest BCUT2D eigenvalue weighted by Crippen LogP contribution is -2.52. The second-order valence-electron chi connectivity index (χ2n) is 8.92. The van der Waals surface area contributed by atoms with Gasteiger partial charge in [0.2, 0.25) is 17.8 Å². The number of rotatable bonds is 7. The fourth-order valence-corrected chi connectivity index (χ4v) is 4.12. The van der Waals surface area contributed by atoms with Gasteiger partial charge in [-0.15, -0.1) is 0 Å². The topological polar surface area (TPSA) is 140 Å². The second kappa shape index (κ2) is 9.06. The molecule has 3 N–H and O–H groups in total. The van der Waals surface area contributed by atoms with Crippen LogP contribution >= 0.6 is 0 Å². The maximum atomic E-state index is 12.4. The second-order valence-corrected chi connectivity index (χ2v) is 8.92.